The second kappa shape index (κ2) is 5.51. The van der Waals surface area contributed by atoms with Gasteiger partial charge in [-0.2, -0.15) is 35.9 Å². The topological polar surface area (TPSA) is 17.1 Å². The Kier molecular flexibility index (Phi) is 5.44. The van der Waals surface area contributed by atoms with Gasteiger partial charge in [0.05, 0.1) is 0 Å². The van der Waals surface area contributed by atoms with Gasteiger partial charge in [-0.3, -0.25) is 0 Å². The fourth-order valence-electron chi connectivity index (χ4n) is 0.753. The molecular formula is C9H8OY-2. The van der Waals surface area contributed by atoms with Gasteiger partial charge in [0.2, 0.25) is 0 Å². The molecule has 0 saturated carbocycles. The number of carbonyl (C=O) groups excluding carboxylic acids is 1. The number of ketones is 1. The van der Waals surface area contributed by atoms with Gasteiger partial charge in [0, 0.05) is 32.7 Å². The van der Waals surface area contributed by atoms with Gasteiger partial charge in [0.15, 0.2) is 0 Å². The zero-order valence-corrected chi connectivity index (χ0v) is 9.05. The van der Waals surface area contributed by atoms with Gasteiger partial charge in [-0.05, 0) is 12.2 Å². The third-order valence-electron chi connectivity index (χ3n) is 1.16. The summed E-state index contributed by atoms with van der Waals surface area (Å²) in [6.07, 6.45) is 0.390. The molecule has 2 heteroatoms. The van der Waals surface area contributed by atoms with E-state index < -0.39 is 0 Å². The number of rotatable bonds is 2. The van der Waals surface area contributed by atoms with Crippen LogP contribution in [0.5, 0.6) is 0 Å². The van der Waals surface area contributed by atoms with E-state index in [1.54, 1.807) is 6.07 Å². The fourth-order valence-corrected chi connectivity index (χ4v) is 0.753. The van der Waals surface area contributed by atoms with E-state index in [1.165, 1.54) is 0 Å². The summed E-state index contributed by atoms with van der Waals surface area (Å²) in [7, 11) is 0. The monoisotopic (exact) mass is 221 g/mol. The average molecular weight is 221 g/mol. The van der Waals surface area contributed by atoms with Crippen LogP contribution in [0.15, 0.2) is 24.3 Å². The summed E-state index contributed by atoms with van der Waals surface area (Å²) in [6.45, 7) is 3.27. The molecular weight excluding hydrogens is 213 g/mol. The Morgan fingerprint density at radius 3 is 2.73 bits per heavy atom. The summed E-state index contributed by atoms with van der Waals surface area (Å²) < 4.78 is 0. The van der Waals surface area contributed by atoms with Crippen molar-refractivity contribution in [1.82, 2.24) is 0 Å². The summed E-state index contributed by atoms with van der Waals surface area (Å²) >= 11 is 0. The molecule has 0 bridgehead atoms. The SMILES string of the molecule is [CH2-]C(=O)Cc1[c-]cccc1.[Y]. The molecule has 55 valence electrons. The third kappa shape index (κ3) is 4.33. The quantitative estimate of drug-likeness (QED) is 0.690. The van der Waals surface area contributed by atoms with Crippen molar-refractivity contribution < 1.29 is 37.5 Å². The maximum absolute atomic E-state index is 10.5. The van der Waals surface area contributed by atoms with Gasteiger partial charge < -0.3 is 11.7 Å². The van der Waals surface area contributed by atoms with Gasteiger partial charge >= 0.3 is 0 Å². The molecule has 1 nitrogen and oxygen atoms in total. The Labute approximate surface area is 92.1 Å². The molecule has 0 aliphatic rings. The van der Waals surface area contributed by atoms with Crippen LogP contribution in [-0.4, -0.2) is 5.78 Å². The van der Waals surface area contributed by atoms with Crippen LogP contribution < -0.4 is 0 Å². The standard InChI is InChI=1S/C9H8O.Y/c1-8(10)7-9-5-3-2-4-6-9;/h2-5H,1,7H2;/q-2;. The summed E-state index contributed by atoms with van der Waals surface area (Å²) in [5, 5.41) is 0. The molecule has 0 fully saturated rings. The summed E-state index contributed by atoms with van der Waals surface area (Å²) in [5.41, 5.74) is 0.905. The molecule has 1 aromatic rings. The maximum Gasteiger partial charge on any atom is 0 e. The van der Waals surface area contributed by atoms with E-state index in [4.69, 9.17) is 0 Å². The Hall–Kier alpha value is -0.136. The van der Waals surface area contributed by atoms with Crippen LogP contribution in [0.4, 0.5) is 0 Å². The van der Waals surface area contributed by atoms with Crippen molar-refractivity contribution in [1.29, 1.82) is 0 Å². The maximum atomic E-state index is 10.5. The molecule has 11 heavy (non-hydrogen) atoms. The molecule has 0 heterocycles. The summed E-state index contributed by atoms with van der Waals surface area (Å²) in [5.74, 6) is -0.0672. The van der Waals surface area contributed by atoms with Crippen molar-refractivity contribution >= 4 is 5.78 Å². The molecule has 0 atom stereocenters. The van der Waals surface area contributed by atoms with E-state index in [0.717, 1.165) is 5.56 Å². The first kappa shape index (κ1) is 10.9. The van der Waals surface area contributed by atoms with Crippen molar-refractivity contribution in [2.45, 2.75) is 6.42 Å². The molecule has 0 aromatic heterocycles. The largest absolute Gasteiger partial charge is 0.339 e. The van der Waals surface area contributed by atoms with Gasteiger partial charge in [-0.25, -0.2) is 0 Å². The minimum Gasteiger partial charge on any atom is -0.339 e. The van der Waals surface area contributed by atoms with Crippen molar-refractivity contribution in [3.8, 4) is 0 Å². The Morgan fingerprint density at radius 2 is 2.27 bits per heavy atom. The number of hydrogen-bond acceptors (Lipinski definition) is 1. The number of Topliss-reactive ketones (excluding diaryl/α,β-unsaturated/α-hetero) is 1. The van der Waals surface area contributed by atoms with Crippen LogP contribution in [-0.2, 0) is 43.9 Å². The molecule has 0 aliphatic carbocycles. The molecule has 1 radical (unpaired) electrons. The van der Waals surface area contributed by atoms with Crippen LogP contribution in [0, 0.1) is 13.0 Å². The number of carbonyl (C=O) groups is 1. The number of benzene rings is 1. The van der Waals surface area contributed by atoms with Crippen LogP contribution in [0.3, 0.4) is 0 Å². The molecule has 1 aromatic carbocycles. The van der Waals surface area contributed by atoms with E-state index in [-0.39, 0.29) is 38.5 Å². The Bertz CT molecular complexity index is 218. The molecule has 1 rings (SSSR count). The predicted molar refractivity (Wildman–Crippen MR) is 39.3 cm³/mol. The number of hydrogen-bond donors (Lipinski definition) is 0. The summed E-state index contributed by atoms with van der Waals surface area (Å²) in [4.78, 5) is 10.5. The van der Waals surface area contributed by atoms with Crippen molar-refractivity contribution in [2.24, 2.45) is 0 Å². The smallest absolute Gasteiger partial charge is 0 e. The second-order valence-corrected chi connectivity index (χ2v) is 2.10. The zero-order valence-electron chi connectivity index (χ0n) is 6.21. The first-order valence-electron chi connectivity index (χ1n) is 3.09. The van der Waals surface area contributed by atoms with Crippen molar-refractivity contribution in [3.63, 3.8) is 0 Å². The zero-order chi connectivity index (χ0) is 7.40. The fraction of sp³-hybridized carbons (Fsp3) is 0.111. The predicted octanol–water partition coefficient (Wildman–Crippen LogP) is 1.43. The first-order chi connectivity index (χ1) is 4.79. The molecule has 0 amide bonds. The van der Waals surface area contributed by atoms with Gasteiger partial charge in [-0.15, -0.1) is 0 Å². The van der Waals surface area contributed by atoms with Crippen molar-refractivity contribution in [2.75, 3.05) is 0 Å². The van der Waals surface area contributed by atoms with E-state index in [1.807, 2.05) is 18.2 Å². The minimum atomic E-state index is -0.0672. The molecule has 0 spiro atoms. The van der Waals surface area contributed by atoms with E-state index in [9.17, 15) is 4.79 Å². The Morgan fingerprint density at radius 1 is 1.55 bits per heavy atom. The minimum absolute atomic E-state index is 0. The molecule has 0 unspecified atom stereocenters. The first-order valence-corrected chi connectivity index (χ1v) is 3.09. The van der Waals surface area contributed by atoms with Crippen LogP contribution in [0.25, 0.3) is 0 Å². The van der Waals surface area contributed by atoms with E-state index >= 15 is 0 Å². The van der Waals surface area contributed by atoms with Crippen molar-refractivity contribution in [3.05, 3.63) is 42.8 Å². The van der Waals surface area contributed by atoms with Gasteiger partial charge in [0.25, 0.3) is 0 Å². The molecule has 0 saturated heterocycles. The van der Waals surface area contributed by atoms with Crippen LogP contribution in [0.1, 0.15) is 5.56 Å². The van der Waals surface area contributed by atoms with Crippen LogP contribution in [0.2, 0.25) is 0 Å². The summed E-state index contributed by atoms with van der Waals surface area (Å²) in [6, 6.07) is 10.3. The van der Waals surface area contributed by atoms with Gasteiger partial charge in [-0.1, -0.05) is 0 Å². The van der Waals surface area contributed by atoms with E-state index in [2.05, 4.69) is 13.0 Å². The third-order valence-corrected chi connectivity index (χ3v) is 1.16. The van der Waals surface area contributed by atoms with Crippen LogP contribution >= 0.6 is 0 Å². The second-order valence-electron chi connectivity index (χ2n) is 2.10. The normalized spacial score (nSPS) is 8.36. The Balaban J connectivity index is 0.000001000. The molecule has 0 N–H and O–H groups in total. The molecule has 0 aliphatic heterocycles. The average Bonchev–Trinajstić information content (AvgIpc) is 1.88. The van der Waals surface area contributed by atoms with Gasteiger partial charge in [0.1, 0.15) is 0 Å². The van der Waals surface area contributed by atoms with E-state index in [0.29, 0.717) is 6.42 Å².